The Morgan fingerprint density at radius 1 is 1.23 bits per heavy atom. The van der Waals surface area contributed by atoms with E-state index in [1.165, 1.54) is 5.56 Å². The summed E-state index contributed by atoms with van der Waals surface area (Å²) in [6.07, 6.45) is 5.93. The summed E-state index contributed by atoms with van der Waals surface area (Å²) in [5.74, 6) is 0.550. The maximum atomic E-state index is 11.9. The Hall–Kier alpha value is -2.90. The minimum Gasteiger partial charge on any atom is -0.456 e. The van der Waals surface area contributed by atoms with Crippen LogP contribution in [-0.4, -0.2) is 41.6 Å². The number of amides is 1. The summed E-state index contributed by atoms with van der Waals surface area (Å²) in [6, 6.07) is 11.4. The van der Waals surface area contributed by atoms with Gasteiger partial charge in [-0.3, -0.25) is 9.48 Å². The lowest BCUT2D eigenvalue weighted by molar-refractivity contribution is -0.0322. The van der Waals surface area contributed by atoms with Crippen LogP contribution < -0.4 is 10.5 Å². The minimum absolute atomic E-state index is 0.338. The molecule has 3 aromatic rings. The number of nitrogens with zero attached hydrogens (tertiary/aromatic N) is 2. The van der Waals surface area contributed by atoms with Crippen LogP contribution in [0.15, 0.2) is 42.6 Å². The lowest BCUT2D eigenvalue weighted by Gasteiger charge is -2.22. The first-order valence-electron chi connectivity index (χ1n) is 10.3. The summed E-state index contributed by atoms with van der Waals surface area (Å²) in [5, 5.41) is 5.06. The molecule has 2 heterocycles. The van der Waals surface area contributed by atoms with Gasteiger partial charge in [0.1, 0.15) is 11.5 Å². The molecule has 7 nitrogen and oxygen atoms in total. The third-order valence-corrected chi connectivity index (χ3v) is 5.40. The van der Waals surface area contributed by atoms with E-state index in [1.54, 1.807) is 23.0 Å². The molecule has 2 aromatic carbocycles. The van der Waals surface area contributed by atoms with E-state index in [4.69, 9.17) is 19.9 Å². The smallest absolute Gasteiger partial charge is 0.252 e. The molecular weight excluding hydrogens is 382 g/mol. The van der Waals surface area contributed by atoms with Crippen molar-refractivity contribution < 1.29 is 19.0 Å². The van der Waals surface area contributed by atoms with Gasteiger partial charge in [0.15, 0.2) is 0 Å². The predicted octanol–water partition coefficient (Wildman–Crippen LogP) is 3.59. The van der Waals surface area contributed by atoms with Gasteiger partial charge >= 0.3 is 0 Å². The maximum Gasteiger partial charge on any atom is 0.252 e. The highest BCUT2D eigenvalue weighted by molar-refractivity contribution is 6.00. The second-order valence-electron chi connectivity index (χ2n) is 7.57. The average Bonchev–Trinajstić information content (AvgIpc) is 3.12. The standard InChI is InChI=1S/C23H27N3O4/c1-26-21-14-22(20(23(24)27)13-17(21)15-25-26)30-19-6-4-16(5-7-19)3-2-10-29-18-8-11-28-12-9-18/h4-7,13-15,18H,2-3,8-12H2,1H3,(H2,24,27). The lowest BCUT2D eigenvalue weighted by atomic mass is 10.1. The number of carbonyl (C=O) groups is 1. The van der Waals surface area contributed by atoms with Gasteiger partial charge in [0.2, 0.25) is 0 Å². The summed E-state index contributed by atoms with van der Waals surface area (Å²) in [6.45, 7) is 2.36. The molecule has 0 atom stereocenters. The Balaban J connectivity index is 1.36. The number of hydrogen-bond donors (Lipinski definition) is 1. The highest BCUT2D eigenvalue weighted by Gasteiger charge is 2.15. The van der Waals surface area contributed by atoms with Crippen LogP contribution in [0.3, 0.4) is 0 Å². The highest BCUT2D eigenvalue weighted by atomic mass is 16.5. The van der Waals surface area contributed by atoms with Gasteiger partial charge < -0.3 is 19.9 Å². The van der Waals surface area contributed by atoms with Crippen molar-refractivity contribution >= 4 is 16.8 Å². The molecule has 7 heteroatoms. The van der Waals surface area contributed by atoms with Crippen molar-refractivity contribution in [1.29, 1.82) is 0 Å². The second-order valence-corrected chi connectivity index (χ2v) is 7.57. The molecule has 30 heavy (non-hydrogen) atoms. The van der Waals surface area contributed by atoms with Crippen molar-refractivity contribution in [2.45, 2.75) is 31.8 Å². The van der Waals surface area contributed by atoms with Crippen molar-refractivity contribution in [3.8, 4) is 11.5 Å². The van der Waals surface area contributed by atoms with Crippen LogP contribution in [0.5, 0.6) is 11.5 Å². The van der Waals surface area contributed by atoms with Crippen molar-refractivity contribution in [2.75, 3.05) is 19.8 Å². The molecule has 4 rings (SSSR count). The number of carbonyl (C=O) groups excluding carboxylic acids is 1. The SMILES string of the molecule is Cn1ncc2cc(C(N)=O)c(Oc3ccc(CCCOC4CCOCC4)cc3)cc21. The number of benzene rings is 2. The third-order valence-electron chi connectivity index (χ3n) is 5.40. The molecule has 2 N–H and O–H groups in total. The molecule has 158 valence electrons. The number of primary amides is 1. The molecule has 1 aliphatic rings. The largest absolute Gasteiger partial charge is 0.456 e. The maximum absolute atomic E-state index is 11.9. The van der Waals surface area contributed by atoms with Crippen molar-refractivity contribution in [1.82, 2.24) is 9.78 Å². The quantitative estimate of drug-likeness (QED) is 0.575. The highest BCUT2D eigenvalue weighted by Crippen LogP contribution is 2.30. The summed E-state index contributed by atoms with van der Waals surface area (Å²) in [4.78, 5) is 11.9. The summed E-state index contributed by atoms with van der Waals surface area (Å²) >= 11 is 0. The number of ether oxygens (including phenoxy) is 3. The van der Waals surface area contributed by atoms with Crippen molar-refractivity contribution in [3.63, 3.8) is 0 Å². The van der Waals surface area contributed by atoms with Gasteiger partial charge in [0.05, 0.1) is 23.4 Å². The number of nitrogens with two attached hydrogens (primary N) is 1. The first kappa shape index (κ1) is 20.4. The van der Waals surface area contributed by atoms with E-state index in [9.17, 15) is 4.79 Å². The van der Waals surface area contributed by atoms with E-state index >= 15 is 0 Å². The van der Waals surface area contributed by atoms with Gasteiger partial charge in [0.25, 0.3) is 5.91 Å². The molecule has 0 bridgehead atoms. The molecule has 0 aliphatic carbocycles. The zero-order valence-corrected chi connectivity index (χ0v) is 17.2. The molecule has 1 saturated heterocycles. The number of fused-ring (bicyclic) bond motifs is 1. The third kappa shape index (κ3) is 4.80. The van der Waals surface area contributed by atoms with E-state index in [-0.39, 0.29) is 0 Å². The summed E-state index contributed by atoms with van der Waals surface area (Å²) < 4.78 is 19.0. The molecule has 0 unspecified atom stereocenters. The van der Waals surface area contributed by atoms with Crippen LogP contribution in [-0.2, 0) is 22.9 Å². The van der Waals surface area contributed by atoms with Crippen molar-refractivity contribution in [2.24, 2.45) is 12.8 Å². The topological polar surface area (TPSA) is 88.6 Å². The Labute approximate surface area is 175 Å². The van der Waals surface area contributed by atoms with Crippen LogP contribution in [0.4, 0.5) is 0 Å². The zero-order chi connectivity index (χ0) is 20.9. The molecule has 1 fully saturated rings. The van der Waals surface area contributed by atoms with Crippen LogP contribution in [0.1, 0.15) is 35.2 Å². The Bertz CT molecular complexity index is 1010. The zero-order valence-electron chi connectivity index (χ0n) is 17.2. The fourth-order valence-corrected chi connectivity index (χ4v) is 3.68. The van der Waals surface area contributed by atoms with Gasteiger partial charge in [0, 0.05) is 38.3 Å². The van der Waals surface area contributed by atoms with Crippen LogP contribution in [0.25, 0.3) is 10.9 Å². The molecular formula is C23H27N3O4. The van der Waals surface area contributed by atoms with Gasteiger partial charge in [-0.2, -0.15) is 5.10 Å². The Morgan fingerprint density at radius 3 is 2.73 bits per heavy atom. The van der Waals surface area contributed by atoms with Crippen molar-refractivity contribution in [3.05, 3.63) is 53.7 Å². The Kier molecular flexibility index (Phi) is 6.30. The van der Waals surface area contributed by atoms with E-state index in [0.29, 0.717) is 23.2 Å². The van der Waals surface area contributed by atoms with E-state index in [1.807, 2.05) is 31.3 Å². The van der Waals surface area contributed by atoms with Gasteiger partial charge in [-0.25, -0.2) is 0 Å². The van der Waals surface area contributed by atoms with E-state index in [0.717, 1.165) is 56.4 Å². The number of rotatable bonds is 8. The lowest BCUT2D eigenvalue weighted by Crippen LogP contribution is -2.23. The number of aryl methyl sites for hydroxylation is 2. The number of hydrogen-bond acceptors (Lipinski definition) is 5. The van der Waals surface area contributed by atoms with E-state index < -0.39 is 5.91 Å². The summed E-state index contributed by atoms with van der Waals surface area (Å²) in [5.41, 5.74) is 7.97. The minimum atomic E-state index is -0.531. The van der Waals surface area contributed by atoms with Gasteiger partial charge in [-0.1, -0.05) is 12.1 Å². The molecule has 1 aromatic heterocycles. The summed E-state index contributed by atoms with van der Waals surface area (Å²) in [7, 11) is 1.84. The monoisotopic (exact) mass is 409 g/mol. The van der Waals surface area contributed by atoms with Crippen LogP contribution in [0.2, 0.25) is 0 Å². The fraction of sp³-hybridized carbons (Fsp3) is 0.391. The molecule has 0 radical (unpaired) electrons. The predicted molar refractivity (Wildman–Crippen MR) is 114 cm³/mol. The Morgan fingerprint density at radius 2 is 2.00 bits per heavy atom. The van der Waals surface area contributed by atoms with Crippen LogP contribution in [0, 0.1) is 0 Å². The van der Waals surface area contributed by atoms with Gasteiger partial charge in [-0.05, 0) is 49.4 Å². The molecule has 0 spiro atoms. The van der Waals surface area contributed by atoms with Gasteiger partial charge in [-0.15, -0.1) is 0 Å². The fourth-order valence-electron chi connectivity index (χ4n) is 3.68. The normalized spacial score (nSPS) is 14.8. The molecule has 0 saturated carbocycles. The second kappa shape index (κ2) is 9.28. The first-order chi connectivity index (χ1) is 14.6. The first-order valence-corrected chi connectivity index (χ1v) is 10.3. The number of aromatic nitrogens is 2. The van der Waals surface area contributed by atoms with E-state index in [2.05, 4.69) is 5.10 Å². The molecule has 1 amide bonds. The molecule has 1 aliphatic heterocycles. The average molecular weight is 409 g/mol. The van der Waals surface area contributed by atoms with Crippen LogP contribution >= 0.6 is 0 Å².